The van der Waals surface area contributed by atoms with Crippen LogP contribution in [0.25, 0.3) is 0 Å². The lowest BCUT2D eigenvalue weighted by Gasteiger charge is -2.25. The van der Waals surface area contributed by atoms with E-state index in [0.717, 1.165) is 31.6 Å². The van der Waals surface area contributed by atoms with Crippen molar-refractivity contribution >= 4 is 20.2 Å². The smallest absolute Gasteiger partial charge is 0.334 e. The Kier molecular flexibility index (Phi) is 11.8. The fourth-order valence-electron chi connectivity index (χ4n) is 2.04. The molecule has 0 aliphatic rings. The third-order valence-electron chi connectivity index (χ3n) is 2.91. The van der Waals surface area contributed by atoms with Gasteiger partial charge in [-0.05, 0) is 32.9 Å². The molecule has 0 aromatic carbocycles. The molecule has 17 heavy (non-hydrogen) atoms. The van der Waals surface area contributed by atoms with Crippen molar-refractivity contribution in [1.29, 1.82) is 0 Å². The zero-order chi connectivity index (χ0) is 13.0. The molecule has 0 aromatic heterocycles. The van der Waals surface area contributed by atoms with Gasteiger partial charge in [-0.2, -0.15) is 0 Å². The lowest BCUT2D eigenvalue weighted by atomic mass is 10.1. The molecule has 0 heterocycles. The van der Waals surface area contributed by atoms with Gasteiger partial charge in [0.15, 0.2) is 0 Å². The van der Waals surface area contributed by atoms with Gasteiger partial charge in [0.05, 0.1) is 0 Å². The van der Waals surface area contributed by atoms with E-state index >= 15 is 0 Å². The maximum Gasteiger partial charge on any atom is 0.334 e. The molecule has 0 aliphatic heterocycles. The van der Waals surface area contributed by atoms with Gasteiger partial charge in [-0.3, -0.25) is 0 Å². The van der Waals surface area contributed by atoms with Crippen LogP contribution in [-0.4, -0.2) is 27.7 Å². The van der Waals surface area contributed by atoms with E-state index in [9.17, 15) is 0 Å². The number of alkyl halides is 1. The maximum absolute atomic E-state index is 5.81. The first kappa shape index (κ1) is 17.4. The summed E-state index contributed by atoms with van der Waals surface area (Å²) in [6.07, 6.45) is 7.60. The summed E-state index contributed by atoms with van der Waals surface area (Å²) in [4.78, 5) is 0. The van der Waals surface area contributed by atoms with Crippen molar-refractivity contribution in [3.05, 3.63) is 0 Å². The van der Waals surface area contributed by atoms with Crippen molar-refractivity contribution in [3.63, 3.8) is 0 Å². The molecule has 4 heteroatoms. The van der Waals surface area contributed by atoms with Crippen LogP contribution in [-0.2, 0) is 8.85 Å². The van der Waals surface area contributed by atoms with E-state index in [1.807, 2.05) is 0 Å². The number of hydrogen-bond donors (Lipinski definition) is 0. The van der Waals surface area contributed by atoms with Gasteiger partial charge in [-0.25, -0.2) is 0 Å². The summed E-state index contributed by atoms with van der Waals surface area (Å²) < 4.78 is 11.6. The largest absolute Gasteiger partial charge is 0.395 e. The molecule has 0 spiro atoms. The number of halogens is 1. The van der Waals surface area contributed by atoms with Gasteiger partial charge < -0.3 is 8.85 Å². The first-order valence-corrected chi connectivity index (χ1v) is 10.1. The molecule has 0 unspecified atom stereocenters. The molecule has 0 atom stereocenters. The van der Waals surface area contributed by atoms with E-state index < -0.39 is 8.56 Å². The average Bonchev–Trinajstić information content (AvgIpc) is 2.28. The Labute approximate surface area is 113 Å². The molecule has 0 saturated heterocycles. The van der Waals surface area contributed by atoms with Crippen LogP contribution >= 0.6 is 11.6 Å². The third kappa shape index (κ3) is 10.1. The standard InChI is InChI=1S/C13H29ClO2Si/c1-4-15-17(3,16-5-2)13-11-9-7-6-8-10-12-14/h4-13H2,1-3H3. The van der Waals surface area contributed by atoms with Crippen molar-refractivity contribution in [2.24, 2.45) is 0 Å². The fraction of sp³-hybridized carbons (Fsp3) is 1.00. The van der Waals surface area contributed by atoms with Gasteiger partial charge in [0.25, 0.3) is 0 Å². The van der Waals surface area contributed by atoms with Gasteiger partial charge in [-0.15, -0.1) is 11.6 Å². The Hall–Kier alpha value is 0.427. The van der Waals surface area contributed by atoms with Gasteiger partial charge in [-0.1, -0.05) is 32.1 Å². The van der Waals surface area contributed by atoms with E-state index in [4.69, 9.17) is 20.5 Å². The molecule has 0 aromatic rings. The Bertz CT molecular complexity index is 161. The Balaban J connectivity index is 3.54. The predicted octanol–water partition coefficient (Wildman–Crippen LogP) is 4.71. The predicted molar refractivity (Wildman–Crippen MR) is 78.1 cm³/mol. The zero-order valence-electron chi connectivity index (χ0n) is 11.8. The van der Waals surface area contributed by atoms with Gasteiger partial charge in [0.2, 0.25) is 0 Å². The second-order valence-corrected chi connectivity index (χ2v) is 8.28. The maximum atomic E-state index is 5.81. The lowest BCUT2D eigenvalue weighted by Crippen LogP contribution is -2.38. The second kappa shape index (κ2) is 11.5. The van der Waals surface area contributed by atoms with Crippen molar-refractivity contribution < 1.29 is 8.85 Å². The van der Waals surface area contributed by atoms with Crippen LogP contribution in [0.3, 0.4) is 0 Å². The van der Waals surface area contributed by atoms with Gasteiger partial charge >= 0.3 is 8.56 Å². The number of hydrogen-bond acceptors (Lipinski definition) is 2. The summed E-state index contributed by atoms with van der Waals surface area (Å²) >= 11 is 5.64. The SMILES string of the molecule is CCO[Si](C)(CCCCCCCCCl)OCC. The molecule has 0 radical (unpaired) electrons. The highest BCUT2D eigenvalue weighted by Crippen LogP contribution is 2.18. The molecule has 0 fully saturated rings. The van der Waals surface area contributed by atoms with E-state index in [1.165, 1.54) is 32.1 Å². The molecule has 0 amide bonds. The van der Waals surface area contributed by atoms with Gasteiger partial charge in [0.1, 0.15) is 0 Å². The first-order chi connectivity index (χ1) is 8.18. The highest BCUT2D eigenvalue weighted by atomic mass is 35.5. The van der Waals surface area contributed by atoms with Crippen molar-refractivity contribution in [2.75, 3.05) is 19.1 Å². The van der Waals surface area contributed by atoms with E-state index in [-0.39, 0.29) is 0 Å². The minimum Gasteiger partial charge on any atom is -0.395 e. The molecule has 0 bridgehead atoms. The highest BCUT2D eigenvalue weighted by Gasteiger charge is 2.29. The molecule has 0 rings (SSSR count). The van der Waals surface area contributed by atoms with Crippen LogP contribution in [0.5, 0.6) is 0 Å². The van der Waals surface area contributed by atoms with Crippen LogP contribution in [0.15, 0.2) is 0 Å². The van der Waals surface area contributed by atoms with E-state index in [2.05, 4.69) is 20.4 Å². The minimum absolute atomic E-state index is 0.776. The number of rotatable bonds is 12. The first-order valence-electron chi connectivity index (χ1n) is 7.02. The summed E-state index contributed by atoms with van der Waals surface area (Å²) in [5.74, 6) is 0.805. The molecule has 0 saturated carbocycles. The van der Waals surface area contributed by atoms with Crippen LogP contribution in [0, 0.1) is 0 Å². The summed E-state index contributed by atoms with van der Waals surface area (Å²) in [7, 11) is -1.85. The minimum atomic E-state index is -1.85. The molecular formula is C13H29ClO2Si. The Morgan fingerprint density at radius 3 is 1.76 bits per heavy atom. The lowest BCUT2D eigenvalue weighted by molar-refractivity contribution is 0.188. The quantitative estimate of drug-likeness (QED) is 0.293. The van der Waals surface area contributed by atoms with Crippen LogP contribution in [0.1, 0.15) is 52.4 Å². The summed E-state index contributed by atoms with van der Waals surface area (Å²) in [5, 5.41) is 0. The van der Waals surface area contributed by atoms with Crippen molar-refractivity contribution in [1.82, 2.24) is 0 Å². The molecule has 104 valence electrons. The summed E-state index contributed by atoms with van der Waals surface area (Å²) in [6, 6.07) is 1.13. The summed E-state index contributed by atoms with van der Waals surface area (Å²) in [5.41, 5.74) is 0. The van der Waals surface area contributed by atoms with Crippen LogP contribution in [0.4, 0.5) is 0 Å². The molecule has 0 N–H and O–H groups in total. The average molecular weight is 281 g/mol. The number of unbranched alkanes of at least 4 members (excludes halogenated alkanes) is 5. The van der Waals surface area contributed by atoms with Gasteiger partial charge in [0, 0.05) is 19.1 Å². The zero-order valence-corrected chi connectivity index (χ0v) is 13.5. The monoisotopic (exact) mass is 280 g/mol. The van der Waals surface area contributed by atoms with Crippen LogP contribution < -0.4 is 0 Å². The topological polar surface area (TPSA) is 18.5 Å². The normalized spacial score (nSPS) is 12.0. The Morgan fingerprint density at radius 2 is 1.29 bits per heavy atom. The fourth-order valence-corrected chi connectivity index (χ4v) is 4.72. The molecular weight excluding hydrogens is 252 g/mol. The van der Waals surface area contributed by atoms with Crippen LogP contribution in [0.2, 0.25) is 12.6 Å². The van der Waals surface area contributed by atoms with E-state index in [0.29, 0.717) is 0 Å². The highest BCUT2D eigenvalue weighted by molar-refractivity contribution is 6.66. The molecule has 2 nitrogen and oxygen atoms in total. The van der Waals surface area contributed by atoms with E-state index in [1.54, 1.807) is 0 Å². The Morgan fingerprint density at radius 1 is 0.824 bits per heavy atom. The van der Waals surface area contributed by atoms with Crippen molar-refractivity contribution in [2.45, 2.75) is 65.0 Å². The molecule has 0 aliphatic carbocycles. The third-order valence-corrected chi connectivity index (χ3v) is 6.24. The second-order valence-electron chi connectivity index (χ2n) is 4.56. The van der Waals surface area contributed by atoms with Crippen molar-refractivity contribution in [3.8, 4) is 0 Å². The summed E-state index contributed by atoms with van der Waals surface area (Å²) in [6.45, 7) is 7.84.